The minimum absolute atomic E-state index is 0.411. The lowest BCUT2D eigenvalue weighted by Gasteiger charge is -2.23. The molecule has 0 spiro atoms. The molecule has 5 nitrogen and oxygen atoms in total. The lowest BCUT2D eigenvalue weighted by atomic mass is 10.9. The quantitative estimate of drug-likeness (QED) is 0.578. The first kappa shape index (κ1) is 11.3. The average Bonchev–Trinajstić information content (AvgIpc) is 1.58. The lowest BCUT2D eigenvalue weighted by molar-refractivity contribution is 0.266. The first-order valence-corrected chi connectivity index (χ1v) is 6.27. The third-order valence-corrected chi connectivity index (χ3v) is 5.76. The van der Waals surface area contributed by atoms with Gasteiger partial charge in [0.25, 0.3) is 5.15 Å². The molecule has 0 amide bonds. The largest absolute Gasteiger partial charge is 0.372 e. The summed E-state index contributed by atoms with van der Waals surface area (Å²) in [5, 5.41) is -3.35. The number of rotatable bonds is 2. The van der Waals surface area contributed by atoms with E-state index in [0.717, 1.165) is 0 Å². The van der Waals surface area contributed by atoms with Crippen molar-refractivity contribution in [3.63, 3.8) is 0 Å². The molecule has 68 valence electrons. The van der Waals surface area contributed by atoms with Gasteiger partial charge >= 0.3 is 7.60 Å². The molecule has 0 saturated carbocycles. The predicted molar refractivity (Wildman–Crippen MR) is 37.3 cm³/mol. The molecule has 0 bridgehead atoms. The van der Waals surface area contributed by atoms with Gasteiger partial charge in [-0.15, -0.1) is 0 Å². The van der Waals surface area contributed by atoms with Crippen LogP contribution in [-0.4, -0.2) is 26.5 Å². The van der Waals surface area contributed by atoms with Crippen molar-refractivity contribution in [2.75, 3.05) is 6.66 Å². The molecule has 11 heavy (non-hydrogen) atoms. The molecule has 0 aromatic heterocycles. The molecule has 0 aromatic rings. The van der Waals surface area contributed by atoms with E-state index >= 15 is 0 Å². The van der Waals surface area contributed by atoms with Crippen molar-refractivity contribution < 1.29 is 28.2 Å². The zero-order chi connectivity index (χ0) is 9.50. The average molecular weight is 206 g/mol. The van der Waals surface area contributed by atoms with Gasteiger partial charge in [0.1, 0.15) is 0 Å². The summed E-state index contributed by atoms with van der Waals surface area (Å²) in [6, 6.07) is 0. The van der Waals surface area contributed by atoms with Crippen molar-refractivity contribution in [3.05, 3.63) is 0 Å². The van der Waals surface area contributed by atoms with Crippen LogP contribution >= 0.6 is 15.0 Å². The van der Waals surface area contributed by atoms with Crippen molar-refractivity contribution in [2.45, 2.75) is 12.1 Å². The van der Waals surface area contributed by atoms with E-state index in [4.69, 9.17) is 14.7 Å². The molecule has 2 atom stereocenters. The van der Waals surface area contributed by atoms with Crippen LogP contribution in [0.3, 0.4) is 0 Å². The summed E-state index contributed by atoms with van der Waals surface area (Å²) in [6.07, 6.45) is 0. The second kappa shape index (κ2) is 2.64. The molecular formula is C3H9FO5P2. The molecule has 0 aliphatic carbocycles. The molecular weight excluding hydrogens is 197 g/mol. The topological polar surface area (TPSA) is 94.8 Å². The number of alkyl halides is 1. The highest BCUT2D eigenvalue weighted by Gasteiger charge is 2.54. The van der Waals surface area contributed by atoms with Gasteiger partial charge in [-0.3, -0.25) is 9.13 Å². The van der Waals surface area contributed by atoms with E-state index in [2.05, 4.69) is 0 Å². The highest BCUT2D eigenvalue weighted by molar-refractivity contribution is 7.74. The van der Waals surface area contributed by atoms with Crippen LogP contribution < -0.4 is 0 Å². The van der Waals surface area contributed by atoms with Gasteiger partial charge in [-0.1, -0.05) is 0 Å². The van der Waals surface area contributed by atoms with E-state index in [0.29, 0.717) is 13.6 Å². The Morgan fingerprint density at radius 1 is 1.27 bits per heavy atom. The third kappa shape index (κ3) is 2.10. The van der Waals surface area contributed by atoms with E-state index in [1.807, 2.05) is 0 Å². The second-order valence-electron chi connectivity index (χ2n) is 2.33. The Morgan fingerprint density at radius 2 is 1.55 bits per heavy atom. The predicted octanol–water partition coefficient (Wildman–Crippen LogP) is 0.707. The molecule has 0 aliphatic rings. The van der Waals surface area contributed by atoms with Crippen LogP contribution in [0, 0.1) is 0 Å². The van der Waals surface area contributed by atoms with Crippen LogP contribution in [0.25, 0.3) is 0 Å². The normalized spacial score (nSPS) is 23.8. The van der Waals surface area contributed by atoms with Crippen LogP contribution in [0.1, 0.15) is 6.92 Å². The molecule has 3 N–H and O–H groups in total. The Bertz CT molecular complexity index is 212. The molecule has 2 unspecified atom stereocenters. The first-order valence-electron chi connectivity index (χ1n) is 2.55. The van der Waals surface area contributed by atoms with Gasteiger partial charge in [-0.05, 0) is 6.92 Å². The summed E-state index contributed by atoms with van der Waals surface area (Å²) in [5.74, 6) is 0. The van der Waals surface area contributed by atoms with Crippen LogP contribution in [0.15, 0.2) is 0 Å². The standard InChI is InChI=1S/C3H9FO5P2/c1-3(4,10(2,5)6)11(7,8)9/h1-2H3,(H,5,6)(H2,7,8,9). The molecule has 0 aliphatic heterocycles. The van der Waals surface area contributed by atoms with Crippen molar-refractivity contribution in [2.24, 2.45) is 0 Å². The van der Waals surface area contributed by atoms with E-state index < -0.39 is 20.1 Å². The Kier molecular flexibility index (Phi) is 2.71. The van der Waals surface area contributed by atoms with Gasteiger partial charge in [0.15, 0.2) is 0 Å². The van der Waals surface area contributed by atoms with E-state index in [9.17, 15) is 13.5 Å². The highest BCUT2D eigenvalue weighted by atomic mass is 31.2. The van der Waals surface area contributed by atoms with E-state index in [-0.39, 0.29) is 0 Å². The maximum atomic E-state index is 12.8. The maximum absolute atomic E-state index is 12.8. The Morgan fingerprint density at radius 3 is 1.55 bits per heavy atom. The van der Waals surface area contributed by atoms with Gasteiger partial charge in [-0.2, -0.15) is 0 Å². The van der Waals surface area contributed by atoms with Gasteiger partial charge < -0.3 is 14.7 Å². The molecule has 0 fully saturated rings. The van der Waals surface area contributed by atoms with Crippen LogP contribution in [0.5, 0.6) is 0 Å². The van der Waals surface area contributed by atoms with Gasteiger partial charge in [0.05, 0.1) is 0 Å². The second-order valence-corrected chi connectivity index (χ2v) is 7.21. The smallest absolute Gasteiger partial charge is 0.342 e. The van der Waals surface area contributed by atoms with Crippen molar-refractivity contribution >= 4 is 15.0 Å². The zero-order valence-corrected chi connectivity index (χ0v) is 7.72. The minimum atomic E-state index is -5.17. The Hall–Kier alpha value is 0.270. The van der Waals surface area contributed by atoms with E-state index in [1.165, 1.54) is 0 Å². The third-order valence-electron chi connectivity index (χ3n) is 1.29. The molecule has 0 rings (SSSR count). The molecule has 0 radical (unpaired) electrons. The summed E-state index contributed by atoms with van der Waals surface area (Å²) < 4.78 is 33.7. The highest BCUT2D eigenvalue weighted by Crippen LogP contribution is 2.69. The minimum Gasteiger partial charge on any atom is -0.342 e. The Labute approximate surface area is 62.9 Å². The number of hydrogen-bond donors (Lipinski definition) is 3. The summed E-state index contributed by atoms with van der Waals surface area (Å²) >= 11 is 0. The monoisotopic (exact) mass is 206 g/mol. The fraction of sp³-hybridized carbons (Fsp3) is 1.00. The first-order chi connectivity index (χ1) is 4.50. The summed E-state index contributed by atoms with van der Waals surface area (Å²) in [6.45, 7) is 0.973. The van der Waals surface area contributed by atoms with Crippen molar-refractivity contribution in [3.8, 4) is 0 Å². The molecule has 8 heteroatoms. The fourth-order valence-electron chi connectivity index (χ4n) is 0.242. The van der Waals surface area contributed by atoms with Crippen molar-refractivity contribution in [1.82, 2.24) is 0 Å². The fourth-order valence-corrected chi connectivity index (χ4v) is 2.18. The molecule has 0 aromatic carbocycles. The van der Waals surface area contributed by atoms with Crippen molar-refractivity contribution in [1.29, 1.82) is 0 Å². The number of hydrogen-bond acceptors (Lipinski definition) is 2. The molecule has 0 saturated heterocycles. The Balaban J connectivity index is 5.08. The van der Waals surface area contributed by atoms with Gasteiger partial charge in [0.2, 0.25) is 7.37 Å². The summed E-state index contributed by atoms with van der Waals surface area (Å²) in [7, 11) is -9.59. The summed E-state index contributed by atoms with van der Waals surface area (Å²) in [4.78, 5) is 25.1. The SMILES string of the molecule is CC(F)(P(C)(=O)O)P(=O)(O)O. The maximum Gasteiger partial charge on any atom is 0.372 e. The van der Waals surface area contributed by atoms with Crippen LogP contribution in [0.4, 0.5) is 4.39 Å². The summed E-state index contributed by atoms with van der Waals surface area (Å²) in [5.41, 5.74) is 0. The van der Waals surface area contributed by atoms with Crippen LogP contribution in [-0.2, 0) is 9.13 Å². The van der Waals surface area contributed by atoms with Crippen LogP contribution in [0.2, 0.25) is 0 Å². The molecule has 0 heterocycles. The van der Waals surface area contributed by atoms with Gasteiger partial charge in [-0.25, -0.2) is 4.39 Å². The number of halogens is 1. The van der Waals surface area contributed by atoms with E-state index in [1.54, 1.807) is 0 Å². The lowest BCUT2D eigenvalue weighted by Crippen LogP contribution is -2.17. The van der Waals surface area contributed by atoms with Gasteiger partial charge in [0, 0.05) is 6.66 Å². The zero-order valence-electron chi connectivity index (χ0n) is 5.93.